The largest absolute Gasteiger partial charge is 0.464 e. The van der Waals surface area contributed by atoms with Gasteiger partial charge in [0.25, 0.3) is 0 Å². The number of ether oxygens (including phenoxy) is 1. The molecule has 204 valence electrons. The van der Waals surface area contributed by atoms with Crippen LogP contribution in [0.2, 0.25) is 0 Å². The molecule has 8 nitrogen and oxygen atoms in total. The molecule has 1 aromatic carbocycles. The first-order chi connectivity index (χ1) is 16.9. The highest BCUT2D eigenvalue weighted by atomic mass is 35.5. The summed E-state index contributed by atoms with van der Waals surface area (Å²) in [6.45, 7) is 5.95. The monoisotopic (exact) mass is 564 g/mol. The lowest BCUT2D eigenvalue weighted by Crippen LogP contribution is -2.55. The van der Waals surface area contributed by atoms with Gasteiger partial charge in [-0.3, -0.25) is 9.59 Å². The normalized spacial score (nSPS) is 16.4. The van der Waals surface area contributed by atoms with E-state index >= 15 is 0 Å². The van der Waals surface area contributed by atoms with Crippen LogP contribution < -0.4 is 20.9 Å². The molecule has 0 spiro atoms. The van der Waals surface area contributed by atoms with Crippen molar-refractivity contribution in [1.29, 1.82) is 0 Å². The van der Waals surface area contributed by atoms with Gasteiger partial charge >= 0.3 is 5.97 Å². The Morgan fingerprint density at radius 3 is 2.44 bits per heavy atom. The van der Waals surface area contributed by atoms with Gasteiger partial charge in [0.05, 0.1) is 12.6 Å². The van der Waals surface area contributed by atoms with Crippen LogP contribution in [0.5, 0.6) is 0 Å². The molecule has 0 bridgehead atoms. The zero-order valence-corrected chi connectivity index (χ0v) is 23.4. The summed E-state index contributed by atoms with van der Waals surface area (Å²) in [6, 6.07) is 5.85. The second-order valence-electron chi connectivity index (χ2n) is 8.55. The predicted octanol–water partition coefficient (Wildman–Crippen LogP) is 3.02. The van der Waals surface area contributed by atoms with Crippen LogP contribution in [0, 0.1) is 0 Å². The highest BCUT2D eigenvalue weighted by molar-refractivity contribution is 6.18. The molecular formula is C25H39Cl3N4O4. The molecule has 1 aliphatic rings. The summed E-state index contributed by atoms with van der Waals surface area (Å²) in [4.78, 5) is 40.6. The van der Waals surface area contributed by atoms with E-state index in [1.54, 1.807) is 6.92 Å². The van der Waals surface area contributed by atoms with E-state index in [2.05, 4.69) is 20.9 Å². The molecule has 2 rings (SSSR count). The smallest absolute Gasteiger partial charge is 0.328 e. The van der Waals surface area contributed by atoms with Gasteiger partial charge in [-0.05, 0) is 50.4 Å². The van der Waals surface area contributed by atoms with Crippen LogP contribution in [0.4, 0.5) is 5.69 Å². The minimum absolute atomic E-state index is 0. The van der Waals surface area contributed by atoms with Gasteiger partial charge in [0.1, 0.15) is 12.1 Å². The number of hydrogen-bond donors (Lipinski definition) is 3. The standard InChI is InChI=1S/C25H38Cl2N4O4.ClH/c1-3-7-21(25(34)35-4-2)29-24(33)22(30-23(32)20-10-6-13-28-20)17-18-8-5-9-19(16-18)31(14-11-26)15-12-27;/h5,8-9,16,20-22,28H,3-4,6-7,10-15,17H2,1-2H3,(H,29,33)(H,30,32);1H/t20-,21+,22+;/m1./s1. The second-order valence-corrected chi connectivity index (χ2v) is 9.31. The summed E-state index contributed by atoms with van der Waals surface area (Å²) in [5, 5.41) is 8.87. The maximum Gasteiger partial charge on any atom is 0.328 e. The number of nitrogens with one attached hydrogen (secondary N) is 3. The highest BCUT2D eigenvalue weighted by Gasteiger charge is 2.30. The quantitative estimate of drug-likeness (QED) is 0.223. The molecule has 1 aliphatic heterocycles. The number of halogens is 3. The van der Waals surface area contributed by atoms with Crippen molar-refractivity contribution >= 4 is 59.1 Å². The van der Waals surface area contributed by atoms with E-state index in [-0.39, 0.29) is 37.4 Å². The van der Waals surface area contributed by atoms with Gasteiger partial charge in [0, 0.05) is 37.0 Å². The van der Waals surface area contributed by atoms with Crippen LogP contribution >= 0.6 is 35.6 Å². The number of anilines is 1. The third-order valence-corrected chi connectivity index (χ3v) is 6.24. The van der Waals surface area contributed by atoms with E-state index < -0.39 is 24.0 Å². The van der Waals surface area contributed by atoms with Gasteiger partial charge in [-0.15, -0.1) is 35.6 Å². The molecule has 2 amide bonds. The van der Waals surface area contributed by atoms with Crippen molar-refractivity contribution in [3.63, 3.8) is 0 Å². The number of esters is 1. The first-order valence-electron chi connectivity index (χ1n) is 12.4. The number of alkyl halides is 2. The van der Waals surface area contributed by atoms with Crippen molar-refractivity contribution in [2.75, 3.05) is 42.9 Å². The number of benzene rings is 1. The van der Waals surface area contributed by atoms with Crippen molar-refractivity contribution in [2.45, 2.75) is 64.1 Å². The van der Waals surface area contributed by atoms with E-state index in [4.69, 9.17) is 27.9 Å². The van der Waals surface area contributed by atoms with Gasteiger partial charge in [0.2, 0.25) is 11.8 Å². The van der Waals surface area contributed by atoms with Crippen molar-refractivity contribution in [3.05, 3.63) is 29.8 Å². The van der Waals surface area contributed by atoms with Crippen LogP contribution in [-0.2, 0) is 25.5 Å². The molecule has 3 atom stereocenters. The fourth-order valence-electron chi connectivity index (χ4n) is 4.13. The topological polar surface area (TPSA) is 99.8 Å². The molecule has 0 radical (unpaired) electrons. The van der Waals surface area contributed by atoms with Crippen LogP contribution in [0.15, 0.2) is 24.3 Å². The third kappa shape index (κ3) is 10.3. The Hall–Kier alpha value is -1.74. The fraction of sp³-hybridized carbons (Fsp3) is 0.640. The van der Waals surface area contributed by atoms with E-state index in [1.807, 2.05) is 31.2 Å². The van der Waals surface area contributed by atoms with Crippen LogP contribution in [0.1, 0.15) is 45.1 Å². The first kappa shape index (κ1) is 32.3. The van der Waals surface area contributed by atoms with Gasteiger partial charge < -0.3 is 25.6 Å². The van der Waals surface area contributed by atoms with Crippen molar-refractivity contribution in [2.24, 2.45) is 0 Å². The molecule has 11 heteroatoms. The van der Waals surface area contributed by atoms with E-state index in [1.165, 1.54) is 0 Å². The lowest BCUT2D eigenvalue weighted by atomic mass is 10.0. The van der Waals surface area contributed by atoms with Gasteiger partial charge in [-0.25, -0.2) is 4.79 Å². The number of carbonyl (C=O) groups excluding carboxylic acids is 3. The van der Waals surface area contributed by atoms with Crippen molar-refractivity contribution < 1.29 is 19.1 Å². The Bertz CT molecular complexity index is 818. The number of amides is 2. The molecule has 1 aromatic rings. The molecule has 0 unspecified atom stereocenters. The predicted molar refractivity (Wildman–Crippen MR) is 147 cm³/mol. The summed E-state index contributed by atoms with van der Waals surface area (Å²) >= 11 is 11.9. The summed E-state index contributed by atoms with van der Waals surface area (Å²) in [6.07, 6.45) is 3.07. The van der Waals surface area contributed by atoms with Gasteiger partial charge in [-0.1, -0.05) is 25.5 Å². The lowest BCUT2D eigenvalue weighted by molar-refractivity contribution is -0.147. The van der Waals surface area contributed by atoms with Crippen LogP contribution in [0.25, 0.3) is 0 Å². The second kappa shape index (κ2) is 17.7. The third-order valence-electron chi connectivity index (χ3n) is 5.90. The first-order valence-corrected chi connectivity index (χ1v) is 13.5. The zero-order valence-electron chi connectivity index (χ0n) is 21.1. The maximum absolute atomic E-state index is 13.3. The number of rotatable bonds is 15. The number of hydrogen-bond acceptors (Lipinski definition) is 6. The Kier molecular flexibility index (Phi) is 15.8. The molecule has 0 aromatic heterocycles. The van der Waals surface area contributed by atoms with Crippen LogP contribution in [0.3, 0.4) is 0 Å². The average Bonchev–Trinajstić information content (AvgIpc) is 3.39. The van der Waals surface area contributed by atoms with Gasteiger partial charge in [0.15, 0.2) is 0 Å². The molecule has 0 aliphatic carbocycles. The number of carbonyl (C=O) groups is 3. The minimum atomic E-state index is -0.844. The Morgan fingerprint density at radius 2 is 1.86 bits per heavy atom. The van der Waals surface area contributed by atoms with Gasteiger partial charge in [-0.2, -0.15) is 0 Å². The van der Waals surface area contributed by atoms with Crippen molar-refractivity contribution in [1.82, 2.24) is 16.0 Å². The average molecular weight is 566 g/mol. The fourth-order valence-corrected chi connectivity index (χ4v) is 4.54. The summed E-state index contributed by atoms with van der Waals surface area (Å²) in [5.74, 6) is -0.170. The molecule has 0 saturated carbocycles. The van der Waals surface area contributed by atoms with Crippen molar-refractivity contribution in [3.8, 4) is 0 Å². The number of nitrogens with zero attached hydrogens (tertiary/aromatic N) is 1. The molecule has 1 fully saturated rings. The van der Waals surface area contributed by atoms with E-state index in [0.29, 0.717) is 37.7 Å². The highest BCUT2D eigenvalue weighted by Crippen LogP contribution is 2.18. The Morgan fingerprint density at radius 1 is 1.14 bits per heavy atom. The lowest BCUT2D eigenvalue weighted by Gasteiger charge is -2.25. The molecule has 1 saturated heterocycles. The summed E-state index contributed by atoms with van der Waals surface area (Å²) in [5.41, 5.74) is 1.82. The van der Waals surface area contributed by atoms with E-state index in [9.17, 15) is 14.4 Å². The summed E-state index contributed by atoms with van der Waals surface area (Å²) in [7, 11) is 0. The van der Waals surface area contributed by atoms with E-state index in [0.717, 1.165) is 30.6 Å². The molecule has 3 N–H and O–H groups in total. The maximum atomic E-state index is 13.3. The molecule has 1 heterocycles. The summed E-state index contributed by atoms with van der Waals surface area (Å²) < 4.78 is 5.13. The Labute approximate surface area is 230 Å². The molecular weight excluding hydrogens is 527 g/mol. The molecule has 36 heavy (non-hydrogen) atoms. The zero-order chi connectivity index (χ0) is 25.6. The minimum Gasteiger partial charge on any atom is -0.464 e. The SMILES string of the molecule is CCC[C@H](NC(=O)[C@H](Cc1cccc(N(CCCl)CCCl)c1)NC(=O)[C@H]1CCCN1)C(=O)OCC.Cl. The van der Waals surface area contributed by atoms with Crippen LogP contribution in [-0.4, -0.2) is 73.9 Å². The Balaban J connectivity index is 0.00000648.